The molecule has 3 nitrogen and oxygen atoms in total. The van der Waals surface area contributed by atoms with Crippen molar-refractivity contribution in [2.75, 3.05) is 6.54 Å². The lowest BCUT2D eigenvalue weighted by molar-refractivity contribution is -0.118. The molecule has 1 aromatic rings. The van der Waals surface area contributed by atoms with Gasteiger partial charge in [0.05, 0.1) is 6.54 Å². The highest BCUT2D eigenvalue weighted by atomic mass is 16.2. The molecule has 1 aromatic carbocycles. The van der Waals surface area contributed by atoms with Gasteiger partial charge in [0.15, 0.2) is 5.78 Å². The maximum atomic E-state index is 12.0. The highest BCUT2D eigenvalue weighted by Crippen LogP contribution is 2.24. The fourth-order valence-corrected chi connectivity index (χ4v) is 1.69. The molecule has 0 heterocycles. The molecule has 1 rings (SSSR count). The zero-order valence-electron chi connectivity index (χ0n) is 11.8. The van der Waals surface area contributed by atoms with Crippen LogP contribution < -0.4 is 5.32 Å². The highest BCUT2D eigenvalue weighted by Gasteiger charge is 2.17. The number of benzene rings is 1. The molecule has 0 radical (unpaired) electrons. The maximum absolute atomic E-state index is 12.0. The summed E-state index contributed by atoms with van der Waals surface area (Å²) in [5.41, 5.74) is 2.77. The van der Waals surface area contributed by atoms with Crippen molar-refractivity contribution in [2.45, 2.75) is 40.0 Å². The quantitative estimate of drug-likeness (QED) is 0.834. The van der Waals surface area contributed by atoms with E-state index in [0.717, 1.165) is 11.1 Å². The molecule has 0 spiro atoms. The summed E-state index contributed by atoms with van der Waals surface area (Å²) in [6.45, 7) is 9.71. The lowest BCUT2D eigenvalue weighted by Crippen LogP contribution is -2.27. The fourth-order valence-electron chi connectivity index (χ4n) is 1.69. The summed E-state index contributed by atoms with van der Waals surface area (Å²) >= 11 is 0. The smallest absolute Gasteiger partial charge is 0.217 e. The van der Waals surface area contributed by atoms with E-state index in [0.29, 0.717) is 5.56 Å². The van der Waals surface area contributed by atoms with Gasteiger partial charge < -0.3 is 5.32 Å². The van der Waals surface area contributed by atoms with Crippen LogP contribution in [0, 0.1) is 6.92 Å². The summed E-state index contributed by atoms with van der Waals surface area (Å²) < 4.78 is 0. The van der Waals surface area contributed by atoms with Gasteiger partial charge in [-0.15, -0.1) is 0 Å². The number of amides is 1. The van der Waals surface area contributed by atoms with Crippen molar-refractivity contribution in [1.82, 2.24) is 5.32 Å². The molecule has 0 aromatic heterocycles. The van der Waals surface area contributed by atoms with Crippen LogP contribution in [0.15, 0.2) is 18.2 Å². The first-order valence-electron chi connectivity index (χ1n) is 6.10. The normalized spacial score (nSPS) is 11.2. The molecule has 0 saturated carbocycles. The number of hydrogen-bond donors (Lipinski definition) is 1. The van der Waals surface area contributed by atoms with E-state index in [1.807, 2.05) is 25.1 Å². The van der Waals surface area contributed by atoms with Gasteiger partial charge in [0.25, 0.3) is 0 Å². The second kappa shape index (κ2) is 5.34. The number of rotatable bonds is 3. The molecular formula is C15H21NO2. The predicted octanol–water partition coefficient (Wildman–Crippen LogP) is 2.61. The second-order valence-electron chi connectivity index (χ2n) is 5.61. The van der Waals surface area contributed by atoms with Crippen LogP contribution in [0.25, 0.3) is 0 Å². The Morgan fingerprint density at radius 2 is 1.83 bits per heavy atom. The Morgan fingerprint density at radius 1 is 1.22 bits per heavy atom. The number of ketones is 1. The molecule has 0 aliphatic rings. The first-order valence-corrected chi connectivity index (χ1v) is 6.10. The molecular weight excluding hydrogens is 226 g/mol. The predicted molar refractivity (Wildman–Crippen MR) is 72.9 cm³/mol. The van der Waals surface area contributed by atoms with Gasteiger partial charge in [-0.3, -0.25) is 9.59 Å². The average molecular weight is 247 g/mol. The van der Waals surface area contributed by atoms with Crippen molar-refractivity contribution in [3.63, 3.8) is 0 Å². The zero-order chi connectivity index (χ0) is 13.9. The van der Waals surface area contributed by atoms with E-state index in [1.54, 1.807) is 0 Å². The van der Waals surface area contributed by atoms with Crippen LogP contribution in [0.3, 0.4) is 0 Å². The number of aryl methyl sites for hydroxylation is 1. The number of nitrogens with one attached hydrogen (secondary N) is 1. The van der Waals surface area contributed by atoms with Gasteiger partial charge in [0.1, 0.15) is 0 Å². The summed E-state index contributed by atoms with van der Waals surface area (Å²) in [4.78, 5) is 22.9. The van der Waals surface area contributed by atoms with Gasteiger partial charge in [-0.05, 0) is 29.5 Å². The van der Waals surface area contributed by atoms with Crippen molar-refractivity contribution < 1.29 is 9.59 Å². The largest absolute Gasteiger partial charge is 0.349 e. The molecule has 0 aliphatic heterocycles. The third kappa shape index (κ3) is 3.69. The van der Waals surface area contributed by atoms with Crippen LogP contribution in [0.2, 0.25) is 0 Å². The first-order chi connectivity index (χ1) is 8.21. The Morgan fingerprint density at radius 3 is 2.33 bits per heavy atom. The van der Waals surface area contributed by atoms with E-state index in [9.17, 15) is 9.59 Å². The van der Waals surface area contributed by atoms with Gasteiger partial charge >= 0.3 is 0 Å². The van der Waals surface area contributed by atoms with Gasteiger partial charge in [0, 0.05) is 12.5 Å². The standard InChI is InChI=1S/C15H21NO2/c1-10-6-7-12(15(3,4)5)8-13(10)14(18)9-16-11(2)17/h6-8H,9H2,1-5H3,(H,16,17). The Kier molecular flexibility index (Phi) is 4.28. The van der Waals surface area contributed by atoms with E-state index < -0.39 is 0 Å². The Hall–Kier alpha value is -1.64. The van der Waals surface area contributed by atoms with E-state index in [4.69, 9.17) is 0 Å². The molecule has 0 fully saturated rings. The van der Waals surface area contributed by atoms with Crippen LogP contribution in [0.1, 0.15) is 49.2 Å². The maximum Gasteiger partial charge on any atom is 0.217 e. The zero-order valence-corrected chi connectivity index (χ0v) is 11.8. The van der Waals surface area contributed by atoms with Gasteiger partial charge in [-0.25, -0.2) is 0 Å². The summed E-state index contributed by atoms with van der Waals surface area (Å²) in [5.74, 6) is -0.234. The fraction of sp³-hybridized carbons (Fsp3) is 0.467. The third-order valence-corrected chi connectivity index (χ3v) is 2.90. The highest BCUT2D eigenvalue weighted by molar-refractivity contribution is 6.00. The molecule has 1 amide bonds. The molecule has 3 heteroatoms. The molecule has 1 N–H and O–H groups in total. The molecule has 0 aliphatic carbocycles. The Bertz CT molecular complexity index is 470. The van der Waals surface area contributed by atoms with E-state index in [-0.39, 0.29) is 23.7 Å². The van der Waals surface area contributed by atoms with Gasteiger partial charge in [-0.1, -0.05) is 32.9 Å². The third-order valence-electron chi connectivity index (χ3n) is 2.90. The van der Waals surface area contributed by atoms with E-state index >= 15 is 0 Å². The number of hydrogen-bond acceptors (Lipinski definition) is 2. The topological polar surface area (TPSA) is 46.2 Å². The van der Waals surface area contributed by atoms with E-state index in [2.05, 4.69) is 26.1 Å². The molecule has 0 bridgehead atoms. The minimum atomic E-state index is -0.187. The van der Waals surface area contributed by atoms with Crippen LogP contribution in [-0.2, 0) is 10.2 Å². The lowest BCUT2D eigenvalue weighted by atomic mass is 9.85. The molecule has 98 valence electrons. The summed E-state index contributed by atoms with van der Waals surface area (Å²) in [6, 6.07) is 5.94. The van der Waals surface area contributed by atoms with E-state index in [1.165, 1.54) is 6.92 Å². The SMILES string of the molecule is CC(=O)NCC(=O)c1cc(C(C)(C)C)ccc1C. The van der Waals surface area contributed by atoms with Gasteiger partial charge in [-0.2, -0.15) is 0 Å². The molecule has 0 atom stereocenters. The Balaban J connectivity index is 3.01. The molecule has 18 heavy (non-hydrogen) atoms. The average Bonchev–Trinajstić information content (AvgIpc) is 2.24. The molecule has 0 saturated heterocycles. The molecule has 0 unspecified atom stereocenters. The van der Waals surface area contributed by atoms with Gasteiger partial charge in [0.2, 0.25) is 5.91 Å². The summed E-state index contributed by atoms with van der Waals surface area (Å²) in [5, 5.41) is 2.54. The van der Waals surface area contributed by atoms with Crippen molar-refractivity contribution in [2.24, 2.45) is 0 Å². The van der Waals surface area contributed by atoms with Crippen molar-refractivity contribution in [1.29, 1.82) is 0 Å². The van der Waals surface area contributed by atoms with Crippen LogP contribution in [-0.4, -0.2) is 18.2 Å². The van der Waals surface area contributed by atoms with Crippen molar-refractivity contribution in [3.05, 3.63) is 34.9 Å². The summed E-state index contributed by atoms with van der Waals surface area (Å²) in [7, 11) is 0. The van der Waals surface area contributed by atoms with Crippen LogP contribution >= 0.6 is 0 Å². The van der Waals surface area contributed by atoms with Crippen LogP contribution in [0.5, 0.6) is 0 Å². The minimum Gasteiger partial charge on any atom is -0.349 e. The van der Waals surface area contributed by atoms with Crippen molar-refractivity contribution >= 4 is 11.7 Å². The lowest BCUT2D eigenvalue weighted by Gasteiger charge is -2.20. The number of carbonyl (C=O) groups is 2. The number of carbonyl (C=O) groups excluding carboxylic acids is 2. The van der Waals surface area contributed by atoms with Crippen molar-refractivity contribution in [3.8, 4) is 0 Å². The summed E-state index contributed by atoms with van der Waals surface area (Å²) in [6.07, 6.45) is 0. The minimum absolute atomic E-state index is 0.0106. The second-order valence-corrected chi connectivity index (χ2v) is 5.61. The monoisotopic (exact) mass is 247 g/mol. The Labute approximate surface area is 109 Å². The van der Waals surface area contributed by atoms with Crippen LogP contribution in [0.4, 0.5) is 0 Å². The first kappa shape index (κ1) is 14.4. The number of Topliss-reactive ketones (excluding diaryl/α,β-unsaturated/α-hetero) is 1.